The molecular formula is C15H31NO2. The van der Waals surface area contributed by atoms with E-state index >= 15 is 0 Å². The summed E-state index contributed by atoms with van der Waals surface area (Å²) in [6.07, 6.45) is 9.52. The van der Waals surface area contributed by atoms with Crippen LogP contribution in [0, 0.1) is 0 Å². The molecule has 1 heterocycles. The minimum Gasteiger partial charge on any atom is -0.381 e. The van der Waals surface area contributed by atoms with E-state index in [1.165, 1.54) is 32.1 Å². The van der Waals surface area contributed by atoms with Gasteiger partial charge in [-0.05, 0) is 13.3 Å². The van der Waals surface area contributed by atoms with E-state index in [0.717, 1.165) is 39.1 Å². The minimum absolute atomic E-state index is 0.113. The van der Waals surface area contributed by atoms with Crippen molar-refractivity contribution in [2.45, 2.75) is 76.9 Å². The molecule has 18 heavy (non-hydrogen) atoms. The van der Waals surface area contributed by atoms with Gasteiger partial charge in [-0.25, -0.2) is 0 Å². The van der Waals surface area contributed by atoms with Crippen molar-refractivity contribution in [3.05, 3.63) is 0 Å². The van der Waals surface area contributed by atoms with Crippen molar-refractivity contribution in [3.63, 3.8) is 0 Å². The minimum atomic E-state index is -0.113. The van der Waals surface area contributed by atoms with Crippen LogP contribution in [0.1, 0.15) is 65.2 Å². The summed E-state index contributed by atoms with van der Waals surface area (Å²) in [6.45, 7) is 6.65. The van der Waals surface area contributed by atoms with Crippen LogP contribution in [0.25, 0.3) is 0 Å². The Bertz CT molecular complexity index is 197. The first kappa shape index (κ1) is 15.9. The lowest BCUT2D eigenvalue weighted by Crippen LogP contribution is -2.53. The van der Waals surface area contributed by atoms with E-state index in [1.807, 2.05) is 0 Å². The predicted molar refractivity (Wildman–Crippen MR) is 75.8 cm³/mol. The number of ether oxygens (including phenoxy) is 2. The van der Waals surface area contributed by atoms with Gasteiger partial charge >= 0.3 is 0 Å². The van der Waals surface area contributed by atoms with Gasteiger partial charge in [-0.2, -0.15) is 0 Å². The van der Waals surface area contributed by atoms with Crippen molar-refractivity contribution in [2.75, 3.05) is 19.8 Å². The summed E-state index contributed by atoms with van der Waals surface area (Å²) in [7, 11) is 0. The molecule has 108 valence electrons. The van der Waals surface area contributed by atoms with Crippen molar-refractivity contribution >= 4 is 0 Å². The zero-order chi connectivity index (χ0) is 13.3. The Kier molecular flexibility index (Phi) is 7.87. The van der Waals surface area contributed by atoms with E-state index < -0.39 is 0 Å². The lowest BCUT2D eigenvalue weighted by atomic mass is 9.83. The second kappa shape index (κ2) is 8.89. The Morgan fingerprint density at radius 3 is 2.39 bits per heavy atom. The maximum absolute atomic E-state index is 6.40. The zero-order valence-electron chi connectivity index (χ0n) is 12.2. The first-order valence-corrected chi connectivity index (χ1v) is 7.72. The van der Waals surface area contributed by atoms with Crippen LogP contribution in [0.3, 0.4) is 0 Å². The molecule has 0 spiro atoms. The third-order valence-electron chi connectivity index (χ3n) is 4.07. The van der Waals surface area contributed by atoms with Crippen LogP contribution >= 0.6 is 0 Å². The second-order valence-electron chi connectivity index (χ2n) is 5.42. The van der Waals surface area contributed by atoms with Crippen LogP contribution < -0.4 is 5.73 Å². The molecule has 1 aliphatic heterocycles. The van der Waals surface area contributed by atoms with Crippen LogP contribution in [-0.2, 0) is 9.47 Å². The van der Waals surface area contributed by atoms with Gasteiger partial charge in [0.2, 0.25) is 0 Å². The second-order valence-corrected chi connectivity index (χ2v) is 5.42. The van der Waals surface area contributed by atoms with Crippen molar-refractivity contribution < 1.29 is 9.47 Å². The summed E-state index contributed by atoms with van der Waals surface area (Å²) in [5, 5.41) is 0. The topological polar surface area (TPSA) is 44.5 Å². The molecule has 0 aliphatic carbocycles. The molecule has 2 N–H and O–H groups in total. The Morgan fingerprint density at radius 2 is 1.78 bits per heavy atom. The van der Waals surface area contributed by atoms with Crippen molar-refractivity contribution in [1.29, 1.82) is 0 Å². The molecule has 3 heteroatoms. The largest absolute Gasteiger partial charge is 0.381 e. The molecule has 0 radical (unpaired) electrons. The zero-order valence-corrected chi connectivity index (χ0v) is 12.2. The Hall–Kier alpha value is -0.120. The fourth-order valence-corrected chi connectivity index (χ4v) is 2.86. The molecule has 0 saturated carbocycles. The Morgan fingerprint density at radius 1 is 1.11 bits per heavy atom. The summed E-state index contributed by atoms with van der Waals surface area (Å²) in [6, 6.07) is 0.169. The summed E-state index contributed by atoms with van der Waals surface area (Å²) in [4.78, 5) is 0. The van der Waals surface area contributed by atoms with Crippen molar-refractivity contribution in [2.24, 2.45) is 5.73 Å². The lowest BCUT2D eigenvalue weighted by Gasteiger charge is -2.41. The third-order valence-corrected chi connectivity index (χ3v) is 4.07. The third kappa shape index (κ3) is 4.87. The van der Waals surface area contributed by atoms with Gasteiger partial charge in [-0.3, -0.25) is 0 Å². The fraction of sp³-hybridized carbons (Fsp3) is 1.00. The Labute approximate surface area is 112 Å². The molecule has 3 nitrogen and oxygen atoms in total. The number of nitrogens with two attached hydrogens (primary N) is 1. The van der Waals surface area contributed by atoms with Gasteiger partial charge in [0, 0.05) is 38.7 Å². The van der Waals surface area contributed by atoms with Gasteiger partial charge in [0.25, 0.3) is 0 Å². The van der Waals surface area contributed by atoms with E-state index in [2.05, 4.69) is 13.8 Å². The van der Waals surface area contributed by atoms with Crippen LogP contribution in [0.2, 0.25) is 0 Å². The van der Waals surface area contributed by atoms with Gasteiger partial charge in [0.05, 0.1) is 5.60 Å². The molecule has 1 aliphatic rings. The van der Waals surface area contributed by atoms with E-state index in [4.69, 9.17) is 15.2 Å². The maximum atomic E-state index is 6.40. The normalized spacial score (nSPS) is 20.8. The van der Waals surface area contributed by atoms with E-state index in [9.17, 15) is 0 Å². The average Bonchev–Trinajstić information content (AvgIpc) is 2.39. The molecule has 0 amide bonds. The molecular weight excluding hydrogens is 226 g/mol. The van der Waals surface area contributed by atoms with Gasteiger partial charge < -0.3 is 15.2 Å². The predicted octanol–water partition coefficient (Wildman–Crippen LogP) is 3.26. The maximum Gasteiger partial charge on any atom is 0.0876 e. The highest BCUT2D eigenvalue weighted by molar-refractivity contribution is 4.93. The molecule has 1 saturated heterocycles. The van der Waals surface area contributed by atoms with Crippen LogP contribution in [-0.4, -0.2) is 31.5 Å². The molecule has 0 aromatic carbocycles. The van der Waals surface area contributed by atoms with Crippen LogP contribution in [0.15, 0.2) is 0 Å². The molecule has 1 rings (SSSR count). The monoisotopic (exact) mass is 257 g/mol. The van der Waals surface area contributed by atoms with Crippen LogP contribution in [0.5, 0.6) is 0 Å². The first-order valence-electron chi connectivity index (χ1n) is 7.72. The van der Waals surface area contributed by atoms with Gasteiger partial charge in [-0.15, -0.1) is 0 Å². The average molecular weight is 257 g/mol. The first-order chi connectivity index (χ1) is 8.75. The molecule has 1 unspecified atom stereocenters. The lowest BCUT2D eigenvalue weighted by molar-refractivity contribution is -0.121. The highest BCUT2D eigenvalue weighted by atomic mass is 16.5. The molecule has 0 bridgehead atoms. The van der Waals surface area contributed by atoms with Gasteiger partial charge in [-0.1, -0.05) is 39.0 Å². The van der Waals surface area contributed by atoms with E-state index in [1.54, 1.807) is 0 Å². The molecule has 1 fully saturated rings. The summed E-state index contributed by atoms with van der Waals surface area (Å²) in [5.41, 5.74) is 6.29. The smallest absolute Gasteiger partial charge is 0.0876 e. The van der Waals surface area contributed by atoms with Crippen molar-refractivity contribution in [1.82, 2.24) is 0 Å². The number of unbranched alkanes of at least 4 members (excludes halogenated alkanes) is 4. The highest BCUT2D eigenvalue weighted by Gasteiger charge is 2.38. The van der Waals surface area contributed by atoms with Gasteiger partial charge in [0.1, 0.15) is 0 Å². The van der Waals surface area contributed by atoms with Gasteiger partial charge in [0.15, 0.2) is 0 Å². The van der Waals surface area contributed by atoms with E-state index in [-0.39, 0.29) is 11.6 Å². The van der Waals surface area contributed by atoms with Crippen LogP contribution in [0.4, 0.5) is 0 Å². The fourth-order valence-electron chi connectivity index (χ4n) is 2.86. The molecule has 0 aromatic heterocycles. The Balaban J connectivity index is 2.32. The standard InChI is InChI=1S/C15H31NO2/c1-3-5-6-7-8-9-14(16)15(18-4-2)10-12-17-13-11-15/h14H,3-13,16H2,1-2H3. The highest BCUT2D eigenvalue weighted by Crippen LogP contribution is 2.30. The SMILES string of the molecule is CCCCCCCC(N)C1(OCC)CCOCC1. The summed E-state index contributed by atoms with van der Waals surface area (Å²) < 4.78 is 11.4. The molecule has 1 atom stereocenters. The summed E-state index contributed by atoms with van der Waals surface area (Å²) >= 11 is 0. The number of rotatable bonds is 9. The quantitative estimate of drug-likeness (QED) is 0.645. The molecule has 0 aromatic rings. The number of hydrogen-bond acceptors (Lipinski definition) is 3. The van der Waals surface area contributed by atoms with E-state index in [0.29, 0.717) is 0 Å². The number of hydrogen-bond donors (Lipinski definition) is 1. The summed E-state index contributed by atoms with van der Waals surface area (Å²) in [5.74, 6) is 0. The van der Waals surface area contributed by atoms with Crippen molar-refractivity contribution in [3.8, 4) is 0 Å².